The molecule has 1 aliphatic rings. The number of carboxylic acids is 1. The summed E-state index contributed by atoms with van der Waals surface area (Å²) in [5, 5.41) is 14.1. The Balaban J connectivity index is 1.59. The molecule has 2 aromatic rings. The topological polar surface area (TPSA) is 75.4 Å². The van der Waals surface area contributed by atoms with Gasteiger partial charge < -0.3 is 10.0 Å². The molecule has 1 N–H and O–H groups in total. The van der Waals surface area contributed by atoms with Gasteiger partial charge in [-0.25, -0.2) is 4.79 Å². The summed E-state index contributed by atoms with van der Waals surface area (Å²) in [6, 6.07) is 7.75. The van der Waals surface area contributed by atoms with Gasteiger partial charge in [-0.1, -0.05) is 36.7 Å². The van der Waals surface area contributed by atoms with Gasteiger partial charge in [0.25, 0.3) is 0 Å². The van der Waals surface area contributed by atoms with Crippen LogP contribution in [0.15, 0.2) is 30.5 Å². The van der Waals surface area contributed by atoms with Crippen LogP contribution in [-0.2, 0) is 11.2 Å². The molecule has 1 unspecified atom stereocenters. The average Bonchev–Trinajstić information content (AvgIpc) is 3.05. The number of aromatic nitrogens is 2. The van der Waals surface area contributed by atoms with Crippen molar-refractivity contribution in [1.29, 1.82) is 0 Å². The van der Waals surface area contributed by atoms with Crippen LogP contribution in [0, 0.1) is 12.8 Å². The first-order valence-electron chi connectivity index (χ1n) is 9.18. The number of rotatable bonds is 5. The first-order valence-corrected chi connectivity index (χ1v) is 9.56. The molecular weight excluding hydrogens is 366 g/mol. The quantitative estimate of drug-likeness (QED) is 0.847. The summed E-state index contributed by atoms with van der Waals surface area (Å²) in [7, 11) is 0. The first kappa shape index (κ1) is 19.4. The van der Waals surface area contributed by atoms with Gasteiger partial charge in [0.05, 0.1) is 17.9 Å². The van der Waals surface area contributed by atoms with Gasteiger partial charge in [-0.05, 0) is 37.8 Å². The zero-order chi connectivity index (χ0) is 19.6. The van der Waals surface area contributed by atoms with E-state index in [-0.39, 0.29) is 23.4 Å². The standard InChI is InChI=1S/C20H24ClN3O3/c1-13(11-15-5-3-4-6-18(15)21)19(25)23-9-7-16(8-10-23)24-14(2)17(12-22-24)20(26)27/h3-6,12-13,16H,7-11H2,1-2H3,(H,26,27). The number of carbonyl (C=O) groups is 2. The van der Waals surface area contributed by atoms with E-state index in [2.05, 4.69) is 5.10 Å². The lowest BCUT2D eigenvalue weighted by Crippen LogP contribution is -2.42. The van der Waals surface area contributed by atoms with Gasteiger partial charge in [-0.15, -0.1) is 0 Å². The predicted octanol–water partition coefficient (Wildman–Crippen LogP) is 3.59. The maximum absolute atomic E-state index is 12.8. The Morgan fingerprint density at radius 3 is 2.56 bits per heavy atom. The van der Waals surface area contributed by atoms with Crippen molar-refractivity contribution in [3.63, 3.8) is 0 Å². The molecule has 6 nitrogen and oxygen atoms in total. The molecule has 1 atom stereocenters. The normalized spacial score (nSPS) is 16.3. The van der Waals surface area contributed by atoms with Crippen molar-refractivity contribution in [2.24, 2.45) is 5.92 Å². The Kier molecular flexibility index (Phi) is 5.85. The second kappa shape index (κ2) is 8.13. The van der Waals surface area contributed by atoms with Crippen LogP contribution in [0.3, 0.4) is 0 Å². The van der Waals surface area contributed by atoms with Crippen molar-refractivity contribution in [1.82, 2.24) is 14.7 Å². The number of likely N-dealkylation sites (tertiary alicyclic amines) is 1. The summed E-state index contributed by atoms with van der Waals surface area (Å²) in [5.74, 6) is -0.956. The molecule has 27 heavy (non-hydrogen) atoms. The van der Waals surface area contributed by atoms with Crippen molar-refractivity contribution in [2.45, 2.75) is 39.2 Å². The van der Waals surface area contributed by atoms with E-state index >= 15 is 0 Å². The summed E-state index contributed by atoms with van der Waals surface area (Å²) in [4.78, 5) is 25.9. The number of benzene rings is 1. The zero-order valence-corrected chi connectivity index (χ0v) is 16.3. The molecule has 1 fully saturated rings. The molecule has 2 heterocycles. The van der Waals surface area contributed by atoms with Crippen molar-refractivity contribution in [2.75, 3.05) is 13.1 Å². The molecule has 1 aromatic carbocycles. The second-order valence-corrected chi connectivity index (χ2v) is 7.55. The molecule has 1 amide bonds. The predicted molar refractivity (Wildman–Crippen MR) is 103 cm³/mol. The molecule has 7 heteroatoms. The fourth-order valence-corrected chi connectivity index (χ4v) is 3.94. The number of piperidine rings is 1. The van der Waals surface area contributed by atoms with Gasteiger partial charge in [0.15, 0.2) is 0 Å². The Hall–Kier alpha value is -2.34. The van der Waals surface area contributed by atoms with Crippen LogP contribution in [0.4, 0.5) is 0 Å². The fraction of sp³-hybridized carbons (Fsp3) is 0.450. The summed E-state index contributed by atoms with van der Waals surface area (Å²) >= 11 is 6.21. The highest BCUT2D eigenvalue weighted by molar-refractivity contribution is 6.31. The zero-order valence-electron chi connectivity index (χ0n) is 15.6. The molecule has 0 spiro atoms. The van der Waals surface area contributed by atoms with Crippen LogP contribution in [0.25, 0.3) is 0 Å². The van der Waals surface area contributed by atoms with Gasteiger partial charge in [0.1, 0.15) is 5.56 Å². The van der Waals surface area contributed by atoms with Crippen molar-refractivity contribution >= 4 is 23.5 Å². The summed E-state index contributed by atoms with van der Waals surface area (Å²) in [6.45, 7) is 5.02. The average molecular weight is 390 g/mol. The smallest absolute Gasteiger partial charge is 0.339 e. The summed E-state index contributed by atoms with van der Waals surface area (Å²) < 4.78 is 1.79. The van der Waals surface area contributed by atoms with E-state index < -0.39 is 5.97 Å². The minimum atomic E-state index is -0.959. The van der Waals surface area contributed by atoms with Crippen LogP contribution in [-0.4, -0.2) is 44.8 Å². The minimum Gasteiger partial charge on any atom is -0.478 e. The SMILES string of the molecule is Cc1c(C(=O)O)cnn1C1CCN(C(=O)C(C)Cc2ccccc2Cl)CC1. The largest absolute Gasteiger partial charge is 0.478 e. The van der Waals surface area contributed by atoms with Crippen LogP contribution in [0.2, 0.25) is 5.02 Å². The van der Waals surface area contributed by atoms with E-state index in [0.29, 0.717) is 30.2 Å². The lowest BCUT2D eigenvalue weighted by Gasteiger charge is -2.34. The molecule has 0 radical (unpaired) electrons. The number of nitrogens with zero attached hydrogens (tertiary/aromatic N) is 3. The third kappa shape index (κ3) is 4.16. The van der Waals surface area contributed by atoms with Crippen LogP contribution in [0.1, 0.15) is 47.4 Å². The third-order valence-electron chi connectivity index (χ3n) is 5.30. The molecular formula is C20H24ClN3O3. The summed E-state index contributed by atoms with van der Waals surface area (Å²) in [5.41, 5.74) is 1.89. The molecule has 1 aliphatic heterocycles. The minimum absolute atomic E-state index is 0.126. The summed E-state index contributed by atoms with van der Waals surface area (Å²) in [6.07, 6.45) is 3.57. The Morgan fingerprint density at radius 2 is 1.96 bits per heavy atom. The van der Waals surface area contributed by atoms with Crippen molar-refractivity contribution in [3.05, 3.63) is 52.3 Å². The number of carboxylic acid groups (broad SMARTS) is 1. The van der Waals surface area contributed by atoms with E-state index in [1.54, 1.807) is 11.6 Å². The fourth-order valence-electron chi connectivity index (χ4n) is 3.73. The number of hydrogen-bond acceptors (Lipinski definition) is 3. The van der Waals surface area contributed by atoms with Crippen molar-refractivity contribution in [3.8, 4) is 0 Å². The van der Waals surface area contributed by atoms with Crippen LogP contribution < -0.4 is 0 Å². The molecule has 3 rings (SSSR count). The van der Waals surface area contributed by atoms with E-state index in [1.807, 2.05) is 36.1 Å². The number of hydrogen-bond donors (Lipinski definition) is 1. The molecule has 0 aliphatic carbocycles. The van der Waals surface area contributed by atoms with Gasteiger partial charge in [0.2, 0.25) is 5.91 Å². The van der Waals surface area contributed by atoms with E-state index in [4.69, 9.17) is 11.6 Å². The van der Waals surface area contributed by atoms with Gasteiger partial charge in [-0.3, -0.25) is 9.48 Å². The highest BCUT2D eigenvalue weighted by Crippen LogP contribution is 2.26. The van der Waals surface area contributed by atoms with E-state index in [9.17, 15) is 14.7 Å². The molecule has 144 valence electrons. The highest BCUT2D eigenvalue weighted by atomic mass is 35.5. The Bertz CT molecular complexity index is 841. The maximum atomic E-state index is 12.8. The van der Waals surface area contributed by atoms with Crippen LogP contribution >= 0.6 is 11.6 Å². The third-order valence-corrected chi connectivity index (χ3v) is 5.67. The van der Waals surface area contributed by atoms with Gasteiger partial charge >= 0.3 is 5.97 Å². The number of aromatic carboxylic acids is 1. The Morgan fingerprint density at radius 1 is 1.30 bits per heavy atom. The molecule has 0 saturated carbocycles. The monoisotopic (exact) mass is 389 g/mol. The van der Waals surface area contributed by atoms with Gasteiger partial charge in [0, 0.05) is 24.0 Å². The molecule has 1 aromatic heterocycles. The molecule has 1 saturated heterocycles. The lowest BCUT2D eigenvalue weighted by molar-refractivity contribution is -0.136. The van der Waals surface area contributed by atoms with Crippen molar-refractivity contribution < 1.29 is 14.7 Å². The second-order valence-electron chi connectivity index (χ2n) is 7.15. The van der Waals surface area contributed by atoms with Gasteiger partial charge in [-0.2, -0.15) is 5.10 Å². The van der Waals surface area contributed by atoms with Crippen LogP contribution in [0.5, 0.6) is 0 Å². The molecule has 0 bridgehead atoms. The highest BCUT2D eigenvalue weighted by Gasteiger charge is 2.28. The number of amides is 1. The number of carbonyl (C=O) groups excluding carboxylic acids is 1. The Labute approximate surface area is 163 Å². The maximum Gasteiger partial charge on any atom is 0.339 e. The first-order chi connectivity index (χ1) is 12.9. The van der Waals surface area contributed by atoms with E-state index in [0.717, 1.165) is 18.4 Å². The number of halogens is 1. The van der Waals surface area contributed by atoms with E-state index in [1.165, 1.54) is 6.20 Å². The lowest BCUT2D eigenvalue weighted by atomic mass is 9.97.